The van der Waals surface area contributed by atoms with E-state index in [0.717, 1.165) is 51.4 Å². The minimum atomic E-state index is -0.844. The van der Waals surface area contributed by atoms with Gasteiger partial charge in [-0.3, -0.25) is 9.59 Å². The van der Waals surface area contributed by atoms with Gasteiger partial charge in [0.1, 0.15) is 0 Å². The van der Waals surface area contributed by atoms with Crippen LogP contribution in [0.4, 0.5) is 0 Å². The van der Waals surface area contributed by atoms with E-state index in [-0.39, 0.29) is 18.5 Å². The Bertz CT molecular complexity index is 1160. The first kappa shape index (κ1) is 66.8. The number of carbonyl (C=O) groups is 2. The first-order chi connectivity index (χ1) is 34.0. The van der Waals surface area contributed by atoms with Crippen LogP contribution in [0.3, 0.4) is 0 Å². The maximum absolute atomic E-state index is 12.4. The lowest BCUT2D eigenvalue weighted by Gasteiger charge is -2.20. The smallest absolute Gasteiger partial charge is 0.305 e. The summed E-state index contributed by atoms with van der Waals surface area (Å²) in [7, 11) is 0. The van der Waals surface area contributed by atoms with Crippen molar-refractivity contribution in [3.05, 3.63) is 48.6 Å². The van der Waals surface area contributed by atoms with Crippen LogP contribution in [-0.4, -0.2) is 47.4 Å². The number of hydrogen-bond donors (Lipinski definition) is 3. The molecule has 0 saturated carbocycles. The number of esters is 1. The molecule has 6 nitrogen and oxygen atoms in total. The van der Waals surface area contributed by atoms with E-state index in [9.17, 15) is 19.8 Å². The molecule has 2 atom stereocenters. The van der Waals surface area contributed by atoms with Crippen molar-refractivity contribution in [2.24, 2.45) is 0 Å². The zero-order valence-electron chi connectivity index (χ0n) is 46.0. The summed E-state index contributed by atoms with van der Waals surface area (Å²) >= 11 is 0. The van der Waals surface area contributed by atoms with Gasteiger partial charge in [0, 0.05) is 12.8 Å². The molecule has 0 aromatic rings. The first-order valence-corrected chi connectivity index (χ1v) is 30.4. The Hall–Kier alpha value is -2.18. The molecule has 404 valence electrons. The van der Waals surface area contributed by atoms with Crippen LogP contribution in [0.1, 0.15) is 316 Å². The van der Waals surface area contributed by atoms with Gasteiger partial charge in [0.25, 0.3) is 0 Å². The lowest BCUT2D eigenvalue weighted by atomic mass is 10.0. The molecule has 0 spiro atoms. The van der Waals surface area contributed by atoms with Crippen molar-refractivity contribution in [1.29, 1.82) is 0 Å². The molecule has 0 aliphatic carbocycles. The molecule has 0 saturated heterocycles. The van der Waals surface area contributed by atoms with Crippen LogP contribution in [0.5, 0.6) is 0 Å². The molecule has 0 radical (unpaired) electrons. The van der Waals surface area contributed by atoms with Gasteiger partial charge in [0.2, 0.25) is 5.91 Å². The second-order valence-electron chi connectivity index (χ2n) is 20.7. The maximum atomic E-state index is 12.4. The molecule has 0 rings (SSSR count). The summed E-state index contributed by atoms with van der Waals surface area (Å²) in [6.45, 7) is 4.86. The number of unbranched alkanes of at least 4 members (excludes halogenated alkanes) is 39. The number of hydrogen-bond acceptors (Lipinski definition) is 5. The van der Waals surface area contributed by atoms with Gasteiger partial charge < -0.3 is 20.3 Å². The van der Waals surface area contributed by atoms with Gasteiger partial charge in [-0.1, -0.05) is 268 Å². The van der Waals surface area contributed by atoms with Crippen molar-refractivity contribution in [2.75, 3.05) is 13.2 Å². The average Bonchev–Trinajstić information content (AvgIpc) is 3.35. The van der Waals surface area contributed by atoms with E-state index in [1.54, 1.807) is 6.08 Å². The average molecular weight is 969 g/mol. The Morgan fingerprint density at radius 2 is 0.739 bits per heavy atom. The molecule has 0 aromatic heterocycles. The summed E-state index contributed by atoms with van der Waals surface area (Å²) < 4.78 is 5.45. The van der Waals surface area contributed by atoms with E-state index >= 15 is 0 Å². The fourth-order valence-electron chi connectivity index (χ4n) is 9.12. The Morgan fingerprint density at radius 3 is 1.16 bits per heavy atom. The van der Waals surface area contributed by atoms with Crippen molar-refractivity contribution < 1.29 is 24.5 Å². The highest BCUT2D eigenvalue weighted by Gasteiger charge is 2.18. The highest BCUT2D eigenvalue weighted by atomic mass is 16.5. The van der Waals surface area contributed by atoms with Crippen LogP contribution >= 0.6 is 0 Å². The van der Waals surface area contributed by atoms with Gasteiger partial charge in [-0.2, -0.15) is 0 Å². The van der Waals surface area contributed by atoms with Gasteiger partial charge in [0.05, 0.1) is 25.4 Å². The highest BCUT2D eigenvalue weighted by molar-refractivity contribution is 5.76. The molecule has 0 fully saturated rings. The molecular formula is C63H117NO5. The molecular weight excluding hydrogens is 851 g/mol. The lowest BCUT2D eigenvalue weighted by molar-refractivity contribution is -0.143. The molecule has 0 aliphatic heterocycles. The Labute approximate surface area is 429 Å². The van der Waals surface area contributed by atoms with E-state index < -0.39 is 12.1 Å². The summed E-state index contributed by atoms with van der Waals surface area (Å²) in [5, 5.41) is 23.0. The number of ether oxygens (including phenoxy) is 1. The van der Waals surface area contributed by atoms with Crippen LogP contribution in [-0.2, 0) is 14.3 Å². The van der Waals surface area contributed by atoms with Gasteiger partial charge in [-0.25, -0.2) is 0 Å². The number of aliphatic hydroxyl groups excluding tert-OH is 2. The number of amides is 1. The molecule has 0 aromatic carbocycles. The summed E-state index contributed by atoms with van der Waals surface area (Å²) in [6.07, 6.45) is 74.4. The van der Waals surface area contributed by atoms with E-state index in [0.29, 0.717) is 19.4 Å². The predicted molar refractivity (Wildman–Crippen MR) is 301 cm³/mol. The highest BCUT2D eigenvalue weighted by Crippen LogP contribution is 2.16. The molecule has 3 N–H and O–H groups in total. The van der Waals surface area contributed by atoms with Crippen LogP contribution in [0, 0.1) is 0 Å². The van der Waals surface area contributed by atoms with E-state index in [1.807, 2.05) is 6.08 Å². The molecule has 0 bridgehead atoms. The number of nitrogens with one attached hydrogen (secondary N) is 1. The van der Waals surface area contributed by atoms with E-state index in [4.69, 9.17) is 4.74 Å². The van der Waals surface area contributed by atoms with Crippen molar-refractivity contribution >= 4 is 11.9 Å². The van der Waals surface area contributed by atoms with E-state index in [2.05, 4.69) is 55.6 Å². The van der Waals surface area contributed by atoms with Gasteiger partial charge in [-0.05, 0) is 83.5 Å². The quantitative estimate of drug-likeness (QED) is 0.0321. The largest absolute Gasteiger partial charge is 0.466 e. The number of allylic oxidation sites excluding steroid dienone is 7. The van der Waals surface area contributed by atoms with Crippen molar-refractivity contribution in [3.8, 4) is 0 Å². The lowest BCUT2D eigenvalue weighted by Crippen LogP contribution is -2.45. The minimum Gasteiger partial charge on any atom is -0.466 e. The molecule has 2 unspecified atom stereocenters. The summed E-state index contributed by atoms with van der Waals surface area (Å²) in [5.41, 5.74) is 0. The fraction of sp³-hybridized carbons (Fsp3) is 0.841. The number of aliphatic hydroxyl groups is 2. The zero-order chi connectivity index (χ0) is 50.0. The van der Waals surface area contributed by atoms with E-state index in [1.165, 1.54) is 238 Å². The fourth-order valence-corrected chi connectivity index (χ4v) is 9.12. The SMILES string of the molecule is CCCC/C=C\CCCCCCCC(=O)OCCCCCCCCCCC/C=C\C/C=C\CCCCCCCCCCCCCCCC(=O)NC(CO)C(O)/C=C/CCCCCCCCCCCC. The predicted octanol–water partition coefficient (Wildman–Crippen LogP) is 19.0. The van der Waals surface area contributed by atoms with Crippen molar-refractivity contribution in [1.82, 2.24) is 5.32 Å². The van der Waals surface area contributed by atoms with Crippen molar-refractivity contribution in [2.45, 2.75) is 328 Å². The normalized spacial score (nSPS) is 12.9. The van der Waals surface area contributed by atoms with Crippen molar-refractivity contribution in [3.63, 3.8) is 0 Å². The van der Waals surface area contributed by atoms with Crippen LogP contribution in [0.2, 0.25) is 0 Å². The second-order valence-corrected chi connectivity index (χ2v) is 20.7. The van der Waals surface area contributed by atoms with Gasteiger partial charge in [-0.15, -0.1) is 0 Å². The minimum absolute atomic E-state index is 0.00000386. The first-order valence-electron chi connectivity index (χ1n) is 30.4. The van der Waals surface area contributed by atoms with Crippen LogP contribution < -0.4 is 5.32 Å². The molecule has 1 amide bonds. The third kappa shape index (κ3) is 55.0. The summed E-state index contributed by atoms with van der Waals surface area (Å²) in [4.78, 5) is 24.4. The maximum Gasteiger partial charge on any atom is 0.305 e. The standard InChI is InChI=1S/C63H117NO5/c1-3-5-7-9-11-13-15-36-39-43-47-51-55-61(66)60(59-65)64-62(67)56-52-48-44-40-37-33-31-29-27-25-23-21-19-17-16-18-20-22-24-26-28-30-32-34-38-42-46-50-54-58-69-63(68)57-53-49-45-41-35-14-12-10-8-6-4-2/h10,12,16,18,22,24,51,55,60-61,65-66H,3-9,11,13-15,17,19-21,23,25-50,52-54,56-59H2,1-2H3,(H,64,67)/b12-10-,18-16-,24-22-,55-51+. The molecule has 6 heteroatoms. The zero-order valence-corrected chi connectivity index (χ0v) is 46.0. The summed E-state index contributed by atoms with van der Waals surface area (Å²) in [5.74, 6) is -0.0697. The molecule has 0 aliphatic rings. The molecule has 0 heterocycles. The Morgan fingerprint density at radius 1 is 0.406 bits per heavy atom. The van der Waals surface area contributed by atoms with Crippen LogP contribution in [0.15, 0.2) is 48.6 Å². The Balaban J connectivity index is 3.42. The summed E-state index contributed by atoms with van der Waals surface area (Å²) in [6, 6.07) is -0.628. The second kappa shape index (κ2) is 58.4. The third-order valence-electron chi connectivity index (χ3n) is 13.8. The van der Waals surface area contributed by atoms with Gasteiger partial charge in [0.15, 0.2) is 0 Å². The number of rotatable bonds is 56. The topological polar surface area (TPSA) is 95.9 Å². The third-order valence-corrected chi connectivity index (χ3v) is 13.8. The number of carbonyl (C=O) groups excluding carboxylic acids is 2. The monoisotopic (exact) mass is 968 g/mol. The van der Waals surface area contributed by atoms with Gasteiger partial charge >= 0.3 is 5.97 Å². The Kier molecular flexibility index (Phi) is 56.5. The van der Waals surface area contributed by atoms with Crippen LogP contribution in [0.25, 0.3) is 0 Å². The molecule has 69 heavy (non-hydrogen) atoms.